The maximum absolute atomic E-state index is 11.8. The van der Waals surface area contributed by atoms with Gasteiger partial charge in [0.1, 0.15) is 0 Å². The molecule has 1 heterocycles. The molecule has 1 aliphatic heterocycles. The Morgan fingerprint density at radius 2 is 2.10 bits per heavy atom. The molecule has 0 aromatic heterocycles. The van der Waals surface area contributed by atoms with Crippen LogP contribution in [0.3, 0.4) is 0 Å². The first-order valence-corrected chi connectivity index (χ1v) is 7.87. The molecule has 1 amide bonds. The van der Waals surface area contributed by atoms with Gasteiger partial charge in [0, 0.05) is 17.0 Å². The summed E-state index contributed by atoms with van der Waals surface area (Å²) >= 11 is 1.55. The molecule has 0 spiro atoms. The molecule has 0 bridgehead atoms. The summed E-state index contributed by atoms with van der Waals surface area (Å²) in [6, 6.07) is 8.21. The number of carbonyl (C=O) groups is 1. The third-order valence-corrected chi connectivity index (χ3v) is 4.28. The number of quaternary nitrogens is 1. The summed E-state index contributed by atoms with van der Waals surface area (Å²) in [4.78, 5) is 14.4. The summed E-state index contributed by atoms with van der Waals surface area (Å²) in [6.45, 7) is 4.17. The second-order valence-corrected chi connectivity index (χ2v) is 6.21. The number of hydrogen-bond acceptors (Lipinski definition) is 3. The number of hydrogen-bond donors (Lipinski definition) is 3. The van der Waals surface area contributed by atoms with Crippen LogP contribution in [0.25, 0.3) is 0 Å². The van der Waals surface area contributed by atoms with Crippen LogP contribution in [-0.2, 0) is 4.79 Å². The Morgan fingerprint density at radius 1 is 1.35 bits per heavy atom. The minimum atomic E-state index is 0.00255. The lowest BCUT2D eigenvalue weighted by atomic mass is 10.2. The average molecular weight is 292 g/mol. The van der Waals surface area contributed by atoms with Gasteiger partial charge >= 0.3 is 0 Å². The second kappa shape index (κ2) is 7.36. The van der Waals surface area contributed by atoms with E-state index >= 15 is 0 Å². The van der Waals surface area contributed by atoms with Crippen molar-refractivity contribution in [1.82, 2.24) is 10.9 Å². The maximum Gasteiger partial charge on any atom is 0.248 e. The fourth-order valence-corrected chi connectivity index (χ4v) is 2.63. The van der Waals surface area contributed by atoms with Crippen molar-refractivity contribution in [2.24, 2.45) is 0 Å². The molecule has 2 rings (SSSR count). The number of thioether (sulfide) groups is 1. The summed E-state index contributed by atoms with van der Waals surface area (Å²) in [5.74, 6) is 0.428. The number of likely N-dealkylation sites (N-methyl/N-ethyl adjacent to an activating group) is 1. The van der Waals surface area contributed by atoms with E-state index in [0.717, 1.165) is 30.1 Å². The highest BCUT2D eigenvalue weighted by atomic mass is 32.2. The molecule has 0 saturated carbocycles. The van der Waals surface area contributed by atoms with Crippen molar-refractivity contribution in [2.75, 3.05) is 25.9 Å². The van der Waals surface area contributed by atoms with Gasteiger partial charge in [-0.1, -0.05) is 17.7 Å². The van der Waals surface area contributed by atoms with E-state index in [2.05, 4.69) is 43.0 Å². The number of nitrogens with one attached hydrogen (secondary N) is 3. The molecule has 1 aromatic carbocycles. The lowest BCUT2D eigenvalue weighted by Gasteiger charge is -2.20. The van der Waals surface area contributed by atoms with Crippen molar-refractivity contribution in [3.63, 3.8) is 0 Å². The summed E-state index contributed by atoms with van der Waals surface area (Å²) in [6.07, 6.45) is 3.13. The van der Waals surface area contributed by atoms with Crippen molar-refractivity contribution < 1.29 is 9.69 Å². The van der Waals surface area contributed by atoms with Gasteiger partial charge in [-0.3, -0.25) is 10.2 Å². The lowest BCUT2D eigenvalue weighted by molar-refractivity contribution is -0.875. The van der Waals surface area contributed by atoms with Crippen LogP contribution >= 0.6 is 11.8 Å². The Labute approximate surface area is 124 Å². The van der Waals surface area contributed by atoms with Gasteiger partial charge < -0.3 is 10.3 Å². The molecule has 1 aliphatic rings. The van der Waals surface area contributed by atoms with E-state index in [9.17, 15) is 4.79 Å². The molecule has 1 unspecified atom stereocenters. The van der Waals surface area contributed by atoms with Crippen LogP contribution < -0.4 is 15.8 Å². The van der Waals surface area contributed by atoms with Gasteiger partial charge in [-0.2, -0.15) is 0 Å². The lowest BCUT2D eigenvalue weighted by Crippen LogP contribution is -3.09. The Bertz CT molecular complexity index is 484. The second-order valence-electron chi connectivity index (χ2n) is 5.17. The molecular weight excluding hydrogens is 270 g/mol. The molecule has 0 radical (unpaired) electrons. The fraction of sp³-hybridized carbons (Fsp3) is 0.400. The number of hydrazine groups is 1. The number of carbonyl (C=O) groups excluding carboxylic acids is 1. The van der Waals surface area contributed by atoms with E-state index in [1.54, 1.807) is 11.8 Å². The smallest absolute Gasteiger partial charge is 0.248 e. The zero-order valence-corrected chi connectivity index (χ0v) is 12.8. The van der Waals surface area contributed by atoms with Gasteiger partial charge in [-0.25, -0.2) is 0 Å². The minimum absolute atomic E-state index is 0.00255. The van der Waals surface area contributed by atoms with Crippen LogP contribution in [0.1, 0.15) is 12.0 Å². The van der Waals surface area contributed by atoms with Gasteiger partial charge in [0.25, 0.3) is 0 Å². The highest BCUT2D eigenvalue weighted by Crippen LogP contribution is 2.17. The molecule has 1 atom stereocenters. The first-order valence-electron chi connectivity index (χ1n) is 6.88. The maximum atomic E-state index is 11.8. The van der Waals surface area contributed by atoms with E-state index in [0.29, 0.717) is 5.75 Å². The van der Waals surface area contributed by atoms with Gasteiger partial charge in [0.15, 0.2) is 0 Å². The number of amides is 1. The van der Waals surface area contributed by atoms with Gasteiger partial charge in [-0.05, 0) is 25.1 Å². The van der Waals surface area contributed by atoms with E-state index in [-0.39, 0.29) is 5.91 Å². The molecular formula is C15H22N3OS+. The van der Waals surface area contributed by atoms with Crippen molar-refractivity contribution in [3.8, 4) is 0 Å². The predicted molar refractivity (Wildman–Crippen MR) is 82.5 cm³/mol. The Kier molecular flexibility index (Phi) is 5.49. The van der Waals surface area contributed by atoms with Crippen molar-refractivity contribution in [1.29, 1.82) is 0 Å². The zero-order valence-electron chi connectivity index (χ0n) is 12.0. The van der Waals surface area contributed by atoms with Crippen molar-refractivity contribution >= 4 is 17.7 Å². The van der Waals surface area contributed by atoms with Crippen molar-refractivity contribution in [3.05, 3.63) is 41.6 Å². The Hall–Kier alpha value is -1.46. The molecule has 0 aliphatic carbocycles. The quantitative estimate of drug-likeness (QED) is 0.547. The monoisotopic (exact) mass is 292 g/mol. The first-order chi connectivity index (χ1) is 9.63. The van der Waals surface area contributed by atoms with E-state index in [1.807, 2.05) is 12.1 Å². The number of rotatable bonds is 5. The number of aryl methyl sites for hydroxylation is 1. The van der Waals surface area contributed by atoms with Gasteiger partial charge in [-0.15, -0.1) is 11.8 Å². The van der Waals surface area contributed by atoms with Crippen LogP contribution in [0.2, 0.25) is 0 Å². The highest BCUT2D eigenvalue weighted by Gasteiger charge is 2.10. The van der Waals surface area contributed by atoms with Crippen molar-refractivity contribution in [2.45, 2.75) is 18.2 Å². The Morgan fingerprint density at radius 3 is 2.75 bits per heavy atom. The Balaban J connectivity index is 1.69. The highest BCUT2D eigenvalue weighted by molar-refractivity contribution is 8.00. The minimum Gasteiger partial charge on any atom is -0.334 e. The summed E-state index contributed by atoms with van der Waals surface area (Å²) in [5.41, 5.74) is 8.13. The molecule has 0 saturated heterocycles. The zero-order chi connectivity index (χ0) is 14.4. The molecule has 0 fully saturated rings. The molecule has 5 heteroatoms. The predicted octanol–water partition coefficient (Wildman–Crippen LogP) is 0.510. The van der Waals surface area contributed by atoms with Crippen LogP contribution in [0, 0.1) is 6.92 Å². The average Bonchev–Trinajstić information content (AvgIpc) is 2.46. The topological polar surface area (TPSA) is 45.6 Å². The van der Waals surface area contributed by atoms with Crippen LogP contribution in [-0.4, -0.2) is 31.8 Å². The SMILES string of the molecule is Cc1ccc(SCC(=O)NNC2=CC[NH+](C)CC2)cc1. The first kappa shape index (κ1) is 14.9. The molecule has 4 nitrogen and oxygen atoms in total. The summed E-state index contributed by atoms with van der Waals surface area (Å²) in [5, 5.41) is 0. The standard InChI is InChI=1S/C15H21N3OS/c1-12-3-5-14(6-4-12)20-11-15(19)17-16-13-7-9-18(2)10-8-13/h3-7,16H,8-11H2,1-2H3,(H,17,19)/p+1. The summed E-state index contributed by atoms with van der Waals surface area (Å²) < 4.78 is 0. The normalized spacial score (nSPS) is 18.3. The van der Waals surface area contributed by atoms with Crippen LogP contribution in [0.5, 0.6) is 0 Å². The van der Waals surface area contributed by atoms with Crippen LogP contribution in [0.15, 0.2) is 40.9 Å². The van der Waals surface area contributed by atoms with E-state index in [4.69, 9.17) is 0 Å². The van der Waals surface area contributed by atoms with Gasteiger partial charge in [0.05, 0.1) is 25.9 Å². The third-order valence-electron chi connectivity index (χ3n) is 3.27. The van der Waals surface area contributed by atoms with E-state index in [1.165, 1.54) is 10.5 Å². The molecule has 108 valence electrons. The van der Waals surface area contributed by atoms with Gasteiger partial charge in [0.2, 0.25) is 5.91 Å². The summed E-state index contributed by atoms with van der Waals surface area (Å²) in [7, 11) is 2.17. The largest absolute Gasteiger partial charge is 0.334 e. The fourth-order valence-electron chi connectivity index (χ4n) is 1.93. The number of benzene rings is 1. The molecule has 1 aromatic rings. The molecule has 20 heavy (non-hydrogen) atoms. The van der Waals surface area contributed by atoms with Crippen LogP contribution in [0.4, 0.5) is 0 Å². The molecule has 3 N–H and O–H groups in total. The third kappa shape index (κ3) is 4.90. The van der Waals surface area contributed by atoms with E-state index < -0.39 is 0 Å².